The number of hydrogen-bond donors (Lipinski definition) is 4. The average Bonchev–Trinajstić information content (AvgIpc) is 2.61. The molecule has 0 amide bonds. The number of benzene rings is 2. The van der Waals surface area contributed by atoms with Gasteiger partial charge in [-0.05, 0) is 37.1 Å². The van der Waals surface area contributed by atoms with Crippen LogP contribution in [0.15, 0.2) is 58.3 Å². The van der Waals surface area contributed by atoms with Crippen LogP contribution in [0.1, 0.15) is 25.0 Å². The van der Waals surface area contributed by atoms with Gasteiger partial charge in [-0.15, -0.1) is 0 Å². The first-order valence-corrected chi connectivity index (χ1v) is 11.3. The van der Waals surface area contributed by atoms with Crippen molar-refractivity contribution in [2.75, 3.05) is 13.2 Å². The number of aliphatic hydroxyl groups excluding tert-OH is 2. The SMILES string of the molecule is CC(C)(CO)CO.Cc1ccccc1S(=O)(=O)O.Cc1ccccc1S(=O)(=O)O. The molecule has 10 heteroatoms. The van der Waals surface area contributed by atoms with Crippen LogP contribution in [0.4, 0.5) is 0 Å². The first kappa shape index (κ1) is 27.2. The Morgan fingerprint density at radius 1 is 0.690 bits per heavy atom. The van der Waals surface area contributed by atoms with Crippen LogP contribution < -0.4 is 0 Å². The Labute approximate surface area is 172 Å². The second kappa shape index (κ2) is 11.4. The lowest BCUT2D eigenvalue weighted by Gasteiger charge is -2.16. The molecule has 0 bridgehead atoms. The van der Waals surface area contributed by atoms with Gasteiger partial charge in [-0.3, -0.25) is 9.11 Å². The third-order valence-electron chi connectivity index (χ3n) is 3.60. The van der Waals surface area contributed by atoms with Crippen LogP contribution in [0.3, 0.4) is 0 Å². The predicted octanol–water partition coefficient (Wildman–Crippen LogP) is 2.48. The van der Waals surface area contributed by atoms with E-state index in [9.17, 15) is 16.8 Å². The zero-order chi connectivity index (χ0) is 22.9. The van der Waals surface area contributed by atoms with Gasteiger partial charge in [-0.2, -0.15) is 16.8 Å². The normalized spacial score (nSPS) is 11.6. The van der Waals surface area contributed by atoms with Crippen LogP contribution in [0.2, 0.25) is 0 Å². The molecule has 0 spiro atoms. The summed E-state index contributed by atoms with van der Waals surface area (Å²) in [4.78, 5) is -0.0556. The Balaban J connectivity index is 0.000000419. The Morgan fingerprint density at radius 3 is 1.10 bits per heavy atom. The van der Waals surface area contributed by atoms with Crippen LogP contribution >= 0.6 is 0 Å². The van der Waals surface area contributed by atoms with E-state index in [0.717, 1.165) is 0 Å². The maximum Gasteiger partial charge on any atom is 0.294 e. The van der Waals surface area contributed by atoms with E-state index >= 15 is 0 Å². The molecule has 0 saturated heterocycles. The molecule has 0 aromatic heterocycles. The number of aliphatic hydroxyl groups is 2. The summed E-state index contributed by atoms with van der Waals surface area (Å²) in [5.74, 6) is 0. The molecule has 2 aromatic rings. The van der Waals surface area contributed by atoms with Gasteiger partial charge in [0.25, 0.3) is 20.2 Å². The molecule has 0 aliphatic heterocycles. The third kappa shape index (κ3) is 10.5. The fourth-order valence-corrected chi connectivity index (χ4v) is 3.19. The average molecular weight is 449 g/mol. The van der Waals surface area contributed by atoms with Crippen LogP contribution in [0.25, 0.3) is 0 Å². The van der Waals surface area contributed by atoms with Gasteiger partial charge in [-0.1, -0.05) is 50.2 Å². The molecule has 0 fully saturated rings. The Hall–Kier alpha value is -1.82. The summed E-state index contributed by atoms with van der Waals surface area (Å²) in [5.41, 5.74) is 0.796. The minimum Gasteiger partial charge on any atom is -0.396 e. The number of hydrogen-bond acceptors (Lipinski definition) is 6. The van der Waals surface area contributed by atoms with Crippen molar-refractivity contribution in [3.8, 4) is 0 Å². The van der Waals surface area contributed by atoms with Gasteiger partial charge >= 0.3 is 0 Å². The van der Waals surface area contributed by atoms with Crippen molar-refractivity contribution < 1.29 is 36.2 Å². The highest BCUT2D eigenvalue weighted by Crippen LogP contribution is 2.13. The summed E-state index contributed by atoms with van der Waals surface area (Å²) in [5, 5.41) is 16.9. The zero-order valence-corrected chi connectivity index (χ0v) is 18.4. The third-order valence-corrected chi connectivity index (χ3v) is 5.63. The molecular formula is C19H28O8S2. The molecule has 2 aromatic carbocycles. The molecule has 0 radical (unpaired) electrons. The van der Waals surface area contributed by atoms with Crippen molar-refractivity contribution >= 4 is 20.2 Å². The molecule has 0 saturated carbocycles. The van der Waals surface area contributed by atoms with Gasteiger partial charge in [-0.25, -0.2) is 0 Å². The first-order valence-electron chi connectivity index (χ1n) is 8.43. The highest BCUT2D eigenvalue weighted by atomic mass is 32.2. The Bertz CT molecular complexity index is 901. The van der Waals surface area contributed by atoms with Crippen molar-refractivity contribution in [2.45, 2.75) is 37.5 Å². The lowest BCUT2D eigenvalue weighted by Crippen LogP contribution is -2.20. The maximum atomic E-state index is 10.6. The van der Waals surface area contributed by atoms with E-state index in [-0.39, 0.29) is 28.4 Å². The van der Waals surface area contributed by atoms with Gasteiger partial charge in [0.15, 0.2) is 0 Å². The van der Waals surface area contributed by atoms with Gasteiger partial charge in [0.1, 0.15) is 0 Å². The summed E-state index contributed by atoms with van der Waals surface area (Å²) in [6.45, 7) is 6.94. The molecular weight excluding hydrogens is 420 g/mol. The van der Waals surface area contributed by atoms with Crippen LogP contribution in [-0.4, -0.2) is 49.4 Å². The van der Waals surface area contributed by atoms with Crippen molar-refractivity contribution in [2.24, 2.45) is 5.41 Å². The fraction of sp³-hybridized carbons (Fsp3) is 0.368. The molecule has 0 unspecified atom stereocenters. The molecule has 164 valence electrons. The van der Waals surface area contributed by atoms with Crippen molar-refractivity contribution in [3.63, 3.8) is 0 Å². The summed E-state index contributed by atoms with van der Waals surface area (Å²) < 4.78 is 59.7. The number of aryl methyl sites for hydroxylation is 2. The van der Waals surface area contributed by atoms with E-state index in [1.807, 2.05) is 0 Å². The van der Waals surface area contributed by atoms with Gasteiger partial charge in [0.05, 0.1) is 23.0 Å². The minimum absolute atomic E-state index is 0.0278. The summed E-state index contributed by atoms with van der Waals surface area (Å²) in [6, 6.07) is 12.5. The monoisotopic (exact) mass is 448 g/mol. The molecule has 0 aliphatic rings. The largest absolute Gasteiger partial charge is 0.396 e. The second-order valence-corrected chi connectivity index (χ2v) is 9.74. The Morgan fingerprint density at radius 2 is 0.966 bits per heavy atom. The van der Waals surface area contributed by atoms with E-state index in [2.05, 4.69) is 0 Å². The lowest BCUT2D eigenvalue weighted by atomic mass is 9.97. The predicted molar refractivity (Wildman–Crippen MR) is 110 cm³/mol. The first-order chi connectivity index (χ1) is 13.2. The van der Waals surface area contributed by atoms with Crippen LogP contribution in [0.5, 0.6) is 0 Å². The van der Waals surface area contributed by atoms with Crippen molar-refractivity contribution in [1.82, 2.24) is 0 Å². The summed E-state index contributed by atoms with van der Waals surface area (Å²) >= 11 is 0. The van der Waals surface area contributed by atoms with Gasteiger partial charge in [0, 0.05) is 5.41 Å². The Kier molecular flexibility index (Phi) is 10.7. The molecule has 2 rings (SSSR count). The molecule has 4 N–H and O–H groups in total. The second-order valence-electron chi connectivity index (χ2n) is 6.96. The van der Waals surface area contributed by atoms with E-state index in [1.54, 1.807) is 64.1 Å². The quantitative estimate of drug-likeness (QED) is 0.521. The molecule has 8 nitrogen and oxygen atoms in total. The lowest BCUT2D eigenvalue weighted by molar-refractivity contribution is 0.0857. The van der Waals surface area contributed by atoms with E-state index < -0.39 is 20.2 Å². The summed E-state index contributed by atoms with van der Waals surface area (Å²) in [7, 11) is -8.07. The smallest absolute Gasteiger partial charge is 0.294 e. The topological polar surface area (TPSA) is 149 Å². The highest BCUT2D eigenvalue weighted by Gasteiger charge is 2.13. The van der Waals surface area contributed by atoms with Crippen molar-refractivity contribution in [3.05, 3.63) is 59.7 Å². The van der Waals surface area contributed by atoms with E-state index in [0.29, 0.717) is 11.1 Å². The van der Waals surface area contributed by atoms with Crippen LogP contribution in [-0.2, 0) is 20.2 Å². The molecule has 0 aliphatic carbocycles. The molecule has 29 heavy (non-hydrogen) atoms. The molecule has 0 atom stereocenters. The highest BCUT2D eigenvalue weighted by molar-refractivity contribution is 7.86. The summed E-state index contributed by atoms with van der Waals surface area (Å²) in [6.07, 6.45) is 0. The minimum atomic E-state index is -4.03. The number of rotatable bonds is 4. The molecule has 0 heterocycles. The standard InChI is InChI=1S/2C7H8O3S.C5H12O2/c2*1-6-4-2-3-5-7(6)11(8,9)10;1-5(2,3-6)4-7/h2*2-5H,1H3,(H,8,9,10);6-7H,3-4H2,1-2H3. The van der Waals surface area contributed by atoms with Crippen LogP contribution in [0, 0.1) is 19.3 Å². The van der Waals surface area contributed by atoms with E-state index in [4.69, 9.17) is 19.3 Å². The zero-order valence-electron chi connectivity index (χ0n) is 16.8. The van der Waals surface area contributed by atoms with Crippen molar-refractivity contribution in [1.29, 1.82) is 0 Å². The maximum absolute atomic E-state index is 10.6. The van der Waals surface area contributed by atoms with Gasteiger partial charge < -0.3 is 10.2 Å². The van der Waals surface area contributed by atoms with Gasteiger partial charge in [0.2, 0.25) is 0 Å². The fourth-order valence-electron chi connectivity index (χ4n) is 1.74. The van der Waals surface area contributed by atoms with E-state index in [1.165, 1.54) is 12.1 Å².